The summed E-state index contributed by atoms with van der Waals surface area (Å²) in [7, 11) is 0. The smallest absolute Gasteiger partial charge is 0.274 e. The number of nitrogens with one attached hydrogen (secondary N) is 2. The normalized spacial score (nSPS) is 11.4. The van der Waals surface area contributed by atoms with Crippen LogP contribution >= 0.6 is 0 Å². The third kappa shape index (κ3) is 4.97. The third-order valence-corrected chi connectivity index (χ3v) is 5.97. The summed E-state index contributed by atoms with van der Waals surface area (Å²) in [6.07, 6.45) is 7.20. The lowest BCUT2D eigenvalue weighted by Gasteiger charge is -2.15. The second-order valence-corrected chi connectivity index (χ2v) is 8.62. The van der Waals surface area contributed by atoms with E-state index in [0.717, 1.165) is 22.3 Å². The highest BCUT2D eigenvalue weighted by Crippen LogP contribution is 2.30. The van der Waals surface area contributed by atoms with Crippen LogP contribution in [0.15, 0.2) is 67.0 Å². The van der Waals surface area contributed by atoms with E-state index in [2.05, 4.69) is 25.8 Å². The fourth-order valence-electron chi connectivity index (χ4n) is 4.08. The second kappa shape index (κ2) is 10.1. The van der Waals surface area contributed by atoms with Crippen molar-refractivity contribution >= 4 is 46.1 Å². The standard InChI is InChI=1S/C28H26FN7O/c1-4-35-25(15-19(3)34-35)28(37)33-27-18(2)8-11-23(26(27)29)32-22-10-9-20-17-31-36(24(20)16-22)14-12-21-7-5-6-13-30-21/h5-17,32H,4H2,1-3H3,(H,33,37). The van der Waals surface area contributed by atoms with Crippen molar-refractivity contribution in [1.82, 2.24) is 24.5 Å². The molecule has 8 nitrogen and oxygen atoms in total. The maximum atomic E-state index is 15.6. The molecule has 0 aliphatic heterocycles. The third-order valence-electron chi connectivity index (χ3n) is 5.97. The molecule has 0 radical (unpaired) electrons. The van der Waals surface area contributed by atoms with Crippen LogP contribution in [0.4, 0.5) is 21.5 Å². The van der Waals surface area contributed by atoms with E-state index in [-0.39, 0.29) is 11.4 Å². The lowest BCUT2D eigenvalue weighted by atomic mass is 10.1. The number of aryl methyl sites for hydroxylation is 3. The molecule has 0 spiro atoms. The summed E-state index contributed by atoms with van der Waals surface area (Å²) in [5.74, 6) is -0.956. The number of carbonyl (C=O) groups excluding carboxylic acids is 1. The first-order chi connectivity index (χ1) is 17.9. The highest BCUT2D eigenvalue weighted by Gasteiger charge is 2.18. The molecule has 5 rings (SSSR count). The van der Waals surface area contributed by atoms with E-state index in [1.54, 1.807) is 46.9 Å². The zero-order valence-electron chi connectivity index (χ0n) is 20.7. The van der Waals surface area contributed by atoms with Gasteiger partial charge in [-0.2, -0.15) is 10.2 Å². The topological polar surface area (TPSA) is 89.7 Å². The van der Waals surface area contributed by atoms with E-state index in [4.69, 9.17) is 0 Å². The van der Waals surface area contributed by atoms with Crippen LogP contribution in [0.2, 0.25) is 0 Å². The fraction of sp³-hybridized carbons (Fsp3) is 0.143. The molecule has 0 fully saturated rings. The first-order valence-electron chi connectivity index (χ1n) is 11.9. The van der Waals surface area contributed by atoms with Crippen molar-refractivity contribution in [1.29, 1.82) is 0 Å². The summed E-state index contributed by atoms with van der Waals surface area (Å²) in [6.45, 7) is 6.01. The number of carbonyl (C=O) groups is 1. The Kier molecular flexibility index (Phi) is 6.51. The van der Waals surface area contributed by atoms with Crippen LogP contribution in [0.5, 0.6) is 0 Å². The Morgan fingerprint density at radius 3 is 2.76 bits per heavy atom. The monoisotopic (exact) mass is 495 g/mol. The molecule has 0 saturated carbocycles. The number of amides is 1. The number of anilines is 3. The Balaban J connectivity index is 1.41. The van der Waals surface area contributed by atoms with Crippen LogP contribution in [0, 0.1) is 19.7 Å². The Morgan fingerprint density at radius 1 is 1.11 bits per heavy atom. The largest absolute Gasteiger partial charge is 0.353 e. The summed E-state index contributed by atoms with van der Waals surface area (Å²) < 4.78 is 18.9. The van der Waals surface area contributed by atoms with E-state index in [1.807, 2.05) is 62.5 Å². The van der Waals surface area contributed by atoms with Crippen molar-refractivity contribution in [3.8, 4) is 0 Å². The van der Waals surface area contributed by atoms with E-state index >= 15 is 4.39 Å². The number of rotatable bonds is 7. The van der Waals surface area contributed by atoms with Gasteiger partial charge in [-0.3, -0.25) is 14.5 Å². The number of nitrogens with zero attached hydrogens (tertiary/aromatic N) is 5. The van der Waals surface area contributed by atoms with Gasteiger partial charge in [0, 0.05) is 30.0 Å². The second-order valence-electron chi connectivity index (χ2n) is 8.62. The summed E-state index contributed by atoms with van der Waals surface area (Å²) in [5, 5.41) is 15.5. The van der Waals surface area contributed by atoms with Gasteiger partial charge < -0.3 is 10.6 Å². The number of hydrogen-bond acceptors (Lipinski definition) is 5. The number of aromatic nitrogens is 5. The maximum absolute atomic E-state index is 15.6. The number of pyridine rings is 1. The molecule has 2 N–H and O–H groups in total. The lowest BCUT2D eigenvalue weighted by molar-refractivity contribution is 0.101. The van der Waals surface area contributed by atoms with Crippen LogP contribution in [0.25, 0.3) is 23.2 Å². The van der Waals surface area contributed by atoms with Crippen molar-refractivity contribution in [3.63, 3.8) is 0 Å². The van der Waals surface area contributed by atoms with Gasteiger partial charge in [-0.25, -0.2) is 9.07 Å². The molecule has 0 atom stereocenters. The van der Waals surface area contributed by atoms with Crippen molar-refractivity contribution in [2.75, 3.05) is 10.6 Å². The number of benzene rings is 2. The Hall–Kier alpha value is -4.79. The van der Waals surface area contributed by atoms with Gasteiger partial charge in [0.15, 0.2) is 5.82 Å². The summed E-state index contributed by atoms with van der Waals surface area (Å²) in [4.78, 5) is 17.2. The van der Waals surface area contributed by atoms with E-state index < -0.39 is 11.7 Å². The minimum atomic E-state index is -0.545. The van der Waals surface area contributed by atoms with E-state index in [1.165, 1.54) is 0 Å². The summed E-state index contributed by atoms with van der Waals surface area (Å²) >= 11 is 0. The predicted octanol–water partition coefficient (Wildman–Crippen LogP) is 6.03. The van der Waals surface area contributed by atoms with Gasteiger partial charge in [0.25, 0.3) is 5.91 Å². The van der Waals surface area contributed by atoms with Gasteiger partial charge in [-0.15, -0.1) is 0 Å². The molecular formula is C28H26FN7O. The van der Waals surface area contributed by atoms with Gasteiger partial charge >= 0.3 is 0 Å². The average molecular weight is 496 g/mol. The van der Waals surface area contributed by atoms with Crippen LogP contribution in [0.1, 0.15) is 34.4 Å². The first kappa shape index (κ1) is 23.9. The molecule has 9 heteroatoms. The molecule has 0 aliphatic rings. The molecule has 0 saturated heterocycles. The molecule has 5 aromatic rings. The van der Waals surface area contributed by atoms with Crippen LogP contribution < -0.4 is 10.6 Å². The van der Waals surface area contributed by atoms with Crippen LogP contribution in [-0.4, -0.2) is 30.5 Å². The van der Waals surface area contributed by atoms with Crippen molar-refractivity contribution in [2.24, 2.45) is 0 Å². The zero-order chi connectivity index (χ0) is 25.9. The quantitative estimate of drug-likeness (QED) is 0.288. The van der Waals surface area contributed by atoms with E-state index in [0.29, 0.717) is 23.5 Å². The maximum Gasteiger partial charge on any atom is 0.274 e. The Labute approximate surface area is 213 Å². The Morgan fingerprint density at radius 2 is 1.97 bits per heavy atom. The van der Waals surface area contributed by atoms with Gasteiger partial charge in [-0.1, -0.05) is 12.1 Å². The summed E-state index contributed by atoms with van der Waals surface area (Å²) in [6, 6.07) is 16.5. The molecule has 2 aromatic carbocycles. The Bertz CT molecular complexity index is 1620. The molecule has 3 heterocycles. The van der Waals surface area contributed by atoms with Gasteiger partial charge in [0.05, 0.1) is 34.5 Å². The minimum Gasteiger partial charge on any atom is -0.353 e. The molecule has 1 amide bonds. The molecule has 37 heavy (non-hydrogen) atoms. The van der Waals surface area contributed by atoms with Crippen LogP contribution in [-0.2, 0) is 6.54 Å². The number of halogens is 1. The average Bonchev–Trinajstić information content (AvgIpc) is 3.50. The fourth-order valence-corrected chi connectivity index (χ4v) is 4.08. The molecule has 0 bridgehead atoms. The molecule has 186 valence electrons. The molecule has 0 aliphatic carbocycles. The highest BCUT2D eigenvalue weighted by atomic mass is 19.1. The van der Waals surface area contributed by atoms with Crippen molar-refractivity contribution in [3.05, 3.63) is 95.5 Å². The van der Waals surface area contributed by atoms with Gasteiger partial charge in [-0.05, 0) is 74.9 Å². The predicted molar refractivity (Wildman–Crippen MR) is 144 cm³/mol. The molecule has 3 aromatic heterocycles. The molecular weight excluding hydrogens is 469 g/mol. The SMILES string of the molecule is CCn1nc(C)cc1C(=O)Nc1c(C)ccc(Nc2ccc3cnn(C=Cc4ccccn4)c3c2)c1F. The van der Waals surface area contributed by atoms with Gasteiger partial charge in [0.1, 0.15) is 5.69 Å². The first-order valence-corrected chi connectivity index (χ1v) is 11.9. The van der Waals surface area contributed by atoms with Gasteiger partial charge in [0.2, 0.25) is 0 Å². The van der Waals surface area contributed by atoms with Crippen molar-refractivity contribution < 1.29 is 9.18 Å². The van der Waals surface area contributed by atoms with Crippen molar-refractivity contribution in [2.45, 2.75) is 27.3 Å². The van der Waals surface area contributed by atoms with Crippen LogP contribution in [0.3, 0.4) is 0 Å². The number of hydrogen-bond donors (Lipinski definition) is 2. The van der Waals surface area contributed by atoms with E-state index in [9.17, 15) is 4.79 Å². The minimum absolute atomic E-state index is 0.126. The lowest BCUT2D eigenvalue weighted by Crippen LogP contribution is -2.19. The molecule has 0 unspecified atom stereocenters. The summed E-state index contributed by atoms with van der Waals surface area (Å²) in [5.41, 5.74) is 4.44. The number of fused-ring (bicyclic) bond motifs is 1. The highest BCUT2D eigenvalue weighted by molar-refractivity contribution is 6.04. The zero-order valence-corrected chi connectivity index (χ0v) is 20.7.